The Kier molecular flexibility index (Phi) is 4.85. The Balaban J connectivity index is 2.26. The van der Waals surface area contributed by atoms with Crippen molar-refractivity contribution in [3.05, 3.63) is 28.8 Å². The monoisotopic (exact) mass is 310 g/mol. The second kappa shape index (κ2) is 6.45. The fraction of sp³-hybridized carbons (Fsp3) is 0.467. The molecule has 0 atom stereocenters. The maximum atomic E-state index is 12.6. The van der Waals surface area contributed by atoms with Crippen LogP contribution in [0.4, 0.5) is 5.69 Å². The first-order valence-electron chi connectivity index (χ1n) is 7.03. The van der Waals surface area contributed by atoms with Crippen LogP contribution >= 0.6 is 11.6 Å². The predicted octanol–water partition coefficient (Wildman–Crippen LogP) is 2.76. The first-order chi connectivity index (χ1) is 9.98. The standard InChI is InChI=1S/C15H19ClN2O3/c1-2-15(5-7-17-8-6-15)14(21)18-12-9-10(16)3-4-11(12)13(19)20/h3-4,9,17H,2,5-8H2,1H3,(H,18,21)(H,19,20). The Morgan fingerprint density at radius 1 is 1.38 bits per heavy atom. The Labute approximate surface area is 128 Å². The lowest BCUT2D eigenvalue weighted by Crippen LogP contribution is -2.44. The minimum absolute atomic E-state index is 0.0490. The van der Waals surface area contributed by atoms with Crippen molar-refractivity contribution in [3.63, 3.8) is 0 Å². The highest BCUT2D eigenvalue weighted by atomic mass is 35.5. The number of hydrogen-bond donors (Lipinski definition) is 3. The van der Waals surface area contributed by atoms with E-state index in [2.05, 4.69) is 10.6 Å². The summed E-state index contributed by atoms with van der Waals surface area (Å²) < 4.78 is 0. The first-order valence-corrected chi connectivity index (χ1v) is 7.41. The summed E-state index contributed by atoms with van der Waals surface area (Å²) in [5, 5.41) is 15.6. The number of aromatic carboxylic acids is 1. The number of carboxylic acid groups (broad SMARTS) is 1. The molecule has 21 heavy (non-hydrogen) atoms. The SMILES string of the molecule is CCC1(C(=O)Nc2cc(Cl)ccc2C(=O)O)CCNCC1. The van der Waals surface area contributed by atoms with Gasteiger partial charge in [0.2, 0.25) is 5.91 Å². The van der Waals surface area contributed by atoms with Crippen LogP contribution < -0.4 is 10.6 Å². The quantitative estimate of drug-likeness (QED) is 0.799. The fourth-order valence-corrected chi connectivity index (χ4v) is 2.88. The van der Waals surface area contributed by atoms with Crippen molar-refractivity contribution < 1.29 is 14.7 Å². The van der Waals surface area contributed by atoms with Crippen molar-refractivity contribution in [2.24, 2.45) is 5.41 Å². The second-order valence-electron chi connectivity index (χ2n) is 5.33. The van der Waals surface area contributed by atoms with Crippen molar-refractivity contribution in [1.29, 1.82) is 0 Å². The van der Waals surface area contributed by atoms with E-state index >= 15 is 0 Å². The molecule has 6 heteroatoms. The van der Waals surface area contributed by atoms with E-state index in [1.165, 1.54) is 18.2 Å². The summed E-state index contributed by atoms with van der Waals surface area (Å²) in [5.74, 6) is -1.21. The third kappa shape index (κ3) is 3.36. The van der Waals surface area contributed by atoms with Gasteiger partial charge in [-0.15, -0.1) is 0 Å². The van der Waals surface area contributed by atoms with Crippen LogP contribution in [0.15, 0.2) is 18.2 Å². The third-order valence-corrected chi connectivity index (χ3v) is 4.41. The molecule has 114 valence electrons. The molecule has 0 aromatic heterocycles. The number of rotatable bonds is 4. The van der Waals surface area contributed by atoms with Gasteiger partial charge in [-0.25, -0.2) is 4.79 Å². The zero-order chi connectivity index (χ0) is 15.5. The van der Waals surface area contributed by atoms with E-state index in [1.54, 1.807) is 0 Å². The molecule has 1 aliphatic rings. The summed E-state index contributed by atoms with van der Waals surface area (Å²) in [6, 6.07) is 4.38. The lowest BCUT2D eigenvalue weighted by atomic mass is 9.76. The maximum absolute atomic E-state index is 12.6. The smallest absolute Gasteiger partial charge is 0.337 e. The van der Waals surface area contributed by atoms with Crippen LogP contribution in [0.3, 0.4) is 0 Å². The number of amides is 1. The molecule has 0 unspecified atom stereocenters. The lowest BCUT2D eigenvalue weighted by Gasteiger charge is -2.35. The normalized spacial score (nSPS) is 17.2. The Bertz CT molecular complexity index is 554. The number of benzene rings is 1. The molecule has 1 aromatic carbocycles. The average Bonchev–Trinajstić information content (AvgIpc) is 2.47. The molecule has 0 spiro atoms. The summed E-state index contributed by atoms with van der Waals surface area (Å²) in [6.07, 6.45) is 2.22. The van der Waals surface area contributed by atoms with Crippen LogP contribution in [0.25, 0.3) is 0 Å². The van der Waals surface area contributed by atoms with Crippen LogP contribution in [0.2, 0.25) is 5.02 Å². The number of nitrogens with one attached hydrogen (secondary N) is 2. The van der Waals surface area contributed by atoms with Crippen molar-refractivity contribution in [3.8, 4) is 0 Å². The van der Waals surface area contributed by atoms with E-state index in [9.17, 15) is 14.7 Å². The molecule has 1 heterocycles. The molecule has 0 saturated carbocycles. The number of hydrogen-bond acceptors (Lipinski definition) is 3. The number of piperidine rings is 1. The molecule has 1 aliphatic heterocycles. The van der Waals surface area contributed by atoms with Gasteiger partial charge in [0.1, 0.15) is 0 Å². The Morgan fingerprint density at radius 3 is 2.62 bits per heavy atom. The first kappa shape index (κ1) is 15.8. The minimum Gasteiger partial charge on any atom is -0.478 e. The van der Waals surface area contributed by atoms with E-state index in [0.29, 0.717) is 5.02 Å². The molecule has 1 saturated heterocycles. The minimum atomic E-state index is -1.09. The van der Waals surface area contributed by atoms with Gasteiger partial charge in [-0.3, -0.25) is 4.79 Å². The van der Waals surface area contributed by atoms with Crippen molar-refractivity contribution >= 4 is 29.2 Å². The fourth-order valence-electron chi connectivity index (χ4n) is 2.71. The van der Waals surface area contributed by atoms with Crippen molar-refractivity contribution in [1.82, 2.24) is 5.32 Å². The van der Waals surface area contributed by atoms with Gasteiger partial charge in [0.15, 0.2) is 0 Å². The number of carbonyl (C=O) groups excluding carboxylic acids is 1. The molecule has 0 aliphatic carbocycles. The summed E-state index contributed by atoms with van der Waals surface area (Å²) in [7, 11) is 0. The maximum Gasteiger partial charge on any atom is 0.337 e. The lowest BCUT2D eigenvalue weighted by molar-refractivity contribution is -0.127. The molecular formula is C15H19ClN2O3. The van der Waals surface area contributed by atoms with Crippen LogP contribution in [0.1, 0.15) is 36.5 Å². The predicted molar refractivity (Wildman–Crippen MR) is 81.9 cm³/mol. The molecule has 1 amide bonds. The second-order valence-corrected chi connectivity index (χ2v) is 5.77. The molecule has 0 bridgehead atoms. The average molecular weight is 311 g/mol. The van der Waals surface area contributed by atoms with Gasteiger partial charge < -0.3 is 15.7 Å². The number of carbonyl (C=O) groups is 2. The van der Waals surface area contributed by atoms with Crippen LogP contribution in [-0.2, 0) is 4.79 Å². The van der Waals surface area contributed by atoms with E-state index in [0.717, 1.165) is 32.4 Å². The van der Waals surface area contributed by atoms with Crippen LogP contribution in [0.5, 0.6) is 0 Å². The van der Waals surface area contributed by atoms with Gasteiger partial charge in [0.25, 0.3) is 0 Å². The number of carboxylic acids is 1. The van der Waals surface area contributed by atoms with Gasteiger partial charge in [-0.05, 0) is 50.6 Å². The number of anilines is 1. The molecule has 2 rings (SSSR count). The molecule has 1 aromatic rings. The molecular weight excluding hydrogens is 292 g/mol. The zero-order valence-corrected chi connectivity index (χ0v) is 12.7. The third-order valence-electron chi connectivity index (χ3n) is 4.18. The summed E-state index contributed by atoms with van der Waals surface area (Å²) in [4.78, 5) is 23.9. The van der Waals surface area contributed by atoms with E-state index < -0.39 is 11.4 Å². The highest BCUT2D eigenvalue weighted by Crippen LogP contribution is 2.34. The van der Waals surface area contributed by atoms with Gasteiger partial charge in [0, 0.05) is 5.02 Å². The molecule has 5 nitrogen and oxygen atoms in total. The summed E-state index contributed by atoms with van der Waals surface area (Å²) in [5.41, 5.74) is -0.136. The van der Waals surface area contributed by atoms with Crippen molar-refractivity contribution in [2.75, 3.05) is 18.4 Å². The highest BCUT2D eigenvalue weighted by molar-refractivity contribution is 6.31. The highest BCUT2D eigenvalue weighted by Gasteiger charge is 2.38. The van der Waals surface area contributed by atoms with Gasteiger partial charge >= 0.3 is 5.97 Å². The molecule has 3 N–H and O–H groups in total. The van der Waals surface area contributed by atoms with Gasteiger partial charge in [0.05, 0.1) is 16.7 Å². The number of halogens is 1. The zero-order valence-electron chi connectivity index (χ0n) is 11.9. The van der Waals surface area contributed by atoms with E-state index in [1.807, 2.05) is 6.92 Å². The van der Waals surface area contributed by atoms with E-state index in [-0.39, 0.29) is 17.2 Å². The Hall–Kier alpha value is -1.59. The summed E-state index contributed by atoms with van der Waals surface area (Å²) >= 11 is 5.91. The van der Waals surface area contributed by atoms with Crippen LogP contribution in [0, 0.1) is 5.41 Å². The summed E-state index contributed by atoms with van der Waals surface area (Å²) in [6.45, 7) is 3.58. The largest absolute Gasteiger partial charge is 0.478 e. The van der Waals surface area contributed by atoms with Gasteiger partial charge in [-0.1, -0.05) is 18.5 Å². The molecule has 0 radical (unpaired) electrons. The van der Waals surface area contributed by atoms with Gasteiger partial charge in [-0.2, -0.15) is 0 Å². The van der Waals surface area contributed by atoms with Crippen molar-refractivity contribution in [2.45, 2.75) is 26.2 Å². The van der Waals surface area contributed by atoms with Crippen LogP contribution in [-0.4, -0.2) is 30.1 Å². The van der Waals surface area contributed by atoms with E-state index in [4.69, 9.17) is 11.6 Å². The Morgan fingerprint density at radius 2 is 2.05 bits per heavy atom. The topological polar surface area (TPSA) is 78.4 Å². The molecule has 1 fully saturated rings.